The zero-order valence-corrected chi connectivity index (χ0v) is 8.22. The minimum atomic E-state index is 0.478. The molecule has 1 aromatic heterocycles. The summed E-state index contributed by atoms with van der Waals surface area (Å²) in [7, 11) is 0. The van der Waals surface area contributed by atoms with E-state index in [0.717, 1.165) is 6.54 Å². The van der Waals surface area contributed by atoms with E-state index in [9.17, 15) is 0 Å². The molecule has 1 fully saturated rings. The number of nitrogens with zero attached hydrogens (tertiary/aromatic N) is 3. The summed E-state index contributed by atoms with van der Waals surface area (Å²) in [5.41, 5.74) is 0. The first-order valence-corrected chi connectivity index (χ1v) is 5.07. The third-order valence-electron chi connectivity index (χ3n) is 2.38. The van der Waals surface area contributed by atoms with E-state index < -0.39 is 0 Å². The third-order valence-corrected chi connectivity index (χ3v) is 2.38. The van der Waals surface area contributed by atoms with Gasteiger partial charge in [-0.2, -0.15) is 0 Å². The molecule has 2 heterocycles. The van der Waals surface area contributed by atoms with Crippen LogP contribution in [0.15, 0.2) is 18.5 Å². The second-order valence-corrected chi connectivity index (χ2v) is 3.43. The van der Waals surface area contributed by atoms with Gasteiger partial charge in [0.25, 0.3) is 0 Å². The van der Waals surface area contributed by atoms with Gasteiger partial charge in [-0.15, -0.1) is 0 Å². The van der Waals surface area contributed by atoms with E-state index in [4.69, 9.17) is 4.74 Å². The van der Waals surface area contributed by atoms with E-state index in [-0.39, 0.29) is 0 Å². The van der Waals surface area contributed by atoms with Crippen molar-refractivity contribution in [3.8, 4) is 6.01 Å². The molecule has 0 aromatic carbocycles. The Kier molecular flexibility index (Phi) is 3.29. The van der Waals surface area contributed by atoms with Crippen molar-refractivity contribution in [1.29, 1.82) is 0 Å². The highest BCUT2D eigenvalue weighted by Crippen LogP contribution is 2.06. The summed E-state index contributed by atoms with van der Waals surface area (Å²) in [4.78, 5) is 10.4. The smallest absolute Gasteiger partial charge is 0.316 e. The first kappa shape index (κ1) is 9.40. The highest BCUT2D eigenvalue weighted by molar-refractivity contribution is 4.93. The van der Waals surface area contributed by atoms with Crippen LogP contribution in [0.4, 0.5) is 0 Å². The van der Waals surface area contributed by atoms with Crippen molar-refractivity contribution in [3.63, 3.8) is 0 Å². The van der Waals surface area contributed by atoms with Gasteiger partial charge in [-0.05, 0) is 32.0 Å². The van der Waals surface area contributed by atoms with Crippen molar-refractivity contribution in [2.24, 2.45) is 0 Å². The van der Waals surface area contributed by atoms with Gasteiger partial charge in [-0.3, -0.25) is 4.90 Å². The summed E-state index contributed by atoms with van der Waals surface area (Å²) >= 11 is 0. The topological polar surface area (TPSA) is 38.2 Å². The molecule has 0 radical (unpaired) electrons. The van der Waals surface area contributed by atoms with Gasteiger partial charge in [0.1, 0.15) is 6.61 Å². The molecule has 14 heavy (non-hydrogen) atoms. The molecule has 2 rings (SSSR count). The molecule has 1 aliphatic rings. The largest absolute Gasteiger partial charge is 0.462 e. The van der Waals surface area contributed by atoms with Crippen LogP contribution in [-0.4, -0.2) is 41.1 Å². The lowest BCUT2D eigenvalue weighted by molar-refractivity contribution is 0.225. The van der Waals surface area contributed by atoms with E-state index in [1.807, 2.05) is 0 Å². The van der Waals surface area contributed by atoms with Crippen molar-refractivity contribution in [2.45, 2.75) is 12.8 Å². The molecule has 1 aliphatic heterocycles. The number of hydrogen-bond acceptors (Lipinski definition) is 4. The van der Waals surface area contributed by atoms with Crippen LogP contribution in [0.25, 0.3) is 0 Å². The SMILES string of the molecule is c1cnc(OCCN2CCCC2)nc1. The van der Waals surface area contributed by atoms with Crippen LogP contribution < -0.4 is 4.74 Å². The minimum absolute atomic E-state index is 0.478. The summed E-state index contributed by atoms with van der Waals surface area (Å²) in [6, 6.07) is 2.26. The third kappa shape index (κ3) is 2.67. The monoisotopic (exact) mass is 193 g/mol. The summed E-state index contributed by atoms with van der Waals surface area (Å²) in [6.45, 7) is 4.08. The van der Waals surface area contributed by atoms with Crippen LogP contribution in [0.2, 0.25) is 0 Å². The Labute approximate surface area is 83.9 Å². The van der Waals surface area contributed by atoms with Crippen molar-refractivity contribution in [3.05, 3.63) is 18.5 Å². The predicted molar refractivity (Wildman–Crippen MR) is 53.2 cm³/mol. The van der Waals surface area contributed by atoms with Gasteiger partial charge in [-0.1, -0.05) is 0 Å². The second-order valence-electron chi connectivity index (χ2n) is 3.43. The van der Waals surface area contributed by atoms with Crippen molar-refractivity contribution < 1.29 is 4.74 Å². The molecule has 4 nitrogen and oxygen atoms in total. The zero-order valence-electron chi connectivity index (χ0n) is 8.22. The minimum Gasteiger partial charge on any atom is -0.462 e. The van der Waals surface area contributed by atoms with E-state index in [1.165, 1.54) is 25.9 Å². The van der Waals surface area contributed by atoms with Crippen LogP contribution in [0.3, 0.4) is 0 Å². The molecule has 0 spiro atoms. The van der Waals surface area contributed by atoms with Crippen LogP contribution in [0.5, 0.6) is 6.01 Å². The summed E-state index contributed by atoms with van der Waals surface area (Å²) < 4.78 is 5.40. The lowest BCUT2D eigenvalue weighted by Gasteiger charge is -2.13. The standard InChI is InChI=1S/C10H15N3O/c1-2-7-13(6-1)8-9-14-10-11-4-3-5-12-10/h3-5H,1-2,6-9H2. The summed E-state index contributed by atoms with van der Waals surface area (Å²) in [5, 5.41) is 0. The van der Waals surface area contributed by atoms with Gasteiger partial charge in [0, 0.05) is 18.9 Å². The molecule has 4 heteroatoms. The molecule has 76 valence electrons. The van der Waals surface area contributed by atoms with Gasteiger partial charge in [0.05, 0.1) is 0 Å². The number of hydrogen-bond donors (Lipinski definition) is 0. The first-order valence-electron chi connectivity index (χ1n) is 5.07. The van der Waals surface area contributed by atoms with Crippen molar-refractivity contribution in [1.82, 2.24) is 14.9 Å². The molecule has 0 N–H and O–H groups in total. The van der Waals surface area contributed by atoms with Crippen molar-refractivity contribution >= 4 is 0 Å². The lowest BCUT2D eigenvalue weighted by atomic mass is 10.4. The van der Waals surface area contributed by atoms with Crippen LogP contribution in [0.1, 0.15) is 12.8 Å². The fourth-order valence-corrected chi connectivity index (χ4v) is 1.63. The predicted octanol–water partition coefficient (Wildman–Crippen LogP) is 0.951. The first-order chi connectivity index (χ1) is 6.95. The molecule has 0 unspecified atom stereocenters. The number of aromatic nitrogens is 2. The van der Waals surface area contributed by atoms with E-state index >= 15 is 0 Å². The van der Waals surface area contributed by atoms with Crippen molar-refractivity contribution in [2.75, 3.05) is 26.2 Å². The molecule has 0 aliphatic carbocycles. The van der Waals surface area contributed by atoms with E-state index in [1.54, 1.807) is 18.5 Å². The highest BCUT2D eigenvalue weighted by Gasteiger charge is 2.10. The fourth-order valence-electron chi connectivity index (χ4n) is 1.63. The second kappa shape index (κ2) is 4.91. The molecule has 0 bridgehead atoms. The molecular formula is C10H15N3O. The van der Waals surface area contributed by atoms with Crippen LogP contribution >= 0.6 is 0 Å². The summed E-state index contributed by atoms with van der Waals surface area (Å²) in [6.07, 6.45) is 6.03. The average Bonchev–Trinajstić information content (AvgIpc) is 2.72. The number of ether oxygens (including phenoxy) is 1. The fraction of sp³-hybridized carbons (Fsp3) is 0.600. The van der Waals surface area contributed by atoms with E-state index in [0.29, 0.717) is 12.6 Å². The van der Waals surface area contributed by atoms with Gasteiger partial charge < -0.3 is 4.74 Å². The lowest BCUT2D eigenvalue weighted by Crippen LogP contribution is -2.25. The Morgan fingerprint density at radius 3 is 2.64 bits per heavy atom. The zero-order chi connectivity index (χ0) is 9.64. The maximum Gasteiger partial charge on any atom is 0.316 e. The Morgan fingerprint density at radius 1 is 1.21 bits per heavy atom. The molecule has 0 amide bonds. The molecule has 0 atom stereocenters. The molecule has 1 aromatic rings. The van der Waals surface area contributed by atoms with E-state index in [2.05, 4.69) is 14.9 Å². The number of rotatable bonds is 4. The highest BCUT2D eigenvalue weighted by atomic mass is 16.5. The van der Waals surface area contributed by atoms with Gasteiger partial charge >= 0.3 is 6.01 Å². The van der Waals surface area contributed by atoms with Gasteiger partial charge in [-0.25, -0.2) is 9.97 Å². The Balaban J connectivity index is 1.67. The molecule has 0 saturated carbocycles. The normalized spacial score (nSPS) is 17.1. The van der Waals surface area contributed by atoms with Gasteiger partial charge in [0.15, 0.2) is 0 Å². The van der Waals surface area contributed by atoms with Crippen LogP contribution in [-0.2, 0) is 0 Å². The summed E-state index contributed by atoms with van der Waals surface area (Å²) in [5.74, 6) is 0. The quantitative estimate of drug-likeness (QED) is 0.713. The number of likely N-dealkylation sites (tertiary alicyclic amines) is 1. The van der Waals surface area contributed by atoms with Crippen LogP contribution in [0, 0.1) is 0 Å². The Morgan fingerprint density at radius 2 is 1.93 bits per heavy atom. The molecule has 1 saturated heterocycles. The van der Waals surface area contributed by atoms with Gasteiger partial charge in [0.2, 0.25) is 0 Å². The Bertz CT molecular complexity index is 259. The maximum atomic E-state index is 5.40. The Hall–Kier alpha value is -1.16. The molecular weight excluding hydrogens is 178 g/mol. The maximum absolute atomic E-state index is 5.40. The average molecular weight is 193 g/mol.